The molecule has 0 aliphatic carbocycles. The van der Waals surface area contributed by atoms with Gasteiger partial charge in [-0.3, -0.25) is 9.69 Å². The standard InChI is InChI=1S/C16H16ClN3OS/c1-2-20(9-12-4-3-7-22-12)10-15-18-14-8-11(17)5-6-13(14)16(21)19-15/h3-8H,2,9-10H2,1H3,(H,18,19,21). The fourth-order valence-corrected chi connectivity index (χ4v) is 3.26. The second kappa shape index (κ2) is 6.60. The molecule has 0 bridgehead atoms. The van der Waals surface area contributed by atoms with Gasteiger partial charge < -0.3 is 4.98 Å². The summed E-state index contributed by atoms with van der Waals surface area (Å²) in [5.74, 6) is 0.665. The Hall–Kier alpha value is -1.69. The van der Waals surface area contributed by atoms with E-state index in [0.717, 1.165) is 13.1 Å². The quantitative estimate of drug-likeness (QED) is 0.775. The predicted molar refractivity (Wildman–Crippen MR) is 91.5 cm³/mol. The molecule has 1 N–H and O–H groups in total. The summed E-state index contributed by atoms with van der Waals surface area (Å²) in [5, 5.41) is 3.22. The summed E-state index contributed by atoms with van der Waals surface area (Å²) in [7, 11) is 0. The van der Waals surface area contributed by atoms with E-state index in [2.05, 4.69) is 33.2 Å². The number of H-pyrrole nitrogens is 1. The number of halogens is 1. The Bertz CT molecular complexity index is 829. The number of aromatic amines is 1. The highest BCUT2D eigenvalue weighted by Gasteiger charge is 2.10. The number of aromatic nitrogens is 2. The van der Waals surface area contributed by atoms with Crippen molar-refractivity contribution in [3.63, 3.8) is 0 Å². The molecule has 0 aliphatic heterocycles. The smallest absolute Gasteiger partial charge is 0.258 e. The number of nitrogens with one attached hydrogen (secondary N) is 1. The maximum atomic E-state index is 12.1. The molecule has 0 saturated carbocycles. The zero-order chi connectivity index (χ0) is 15.5. The highest BCUT2D eigenvalue weighted by atomic mass is 35.5. The minimum Gasteiger partial charge on any atom is -0.309 e. The van der Waals surface area contributed by atoms with Gasteiger partial charge in [-0.25, -0.2) is 4.98 Å². The fourth-order valence-electron chi connectivity index (χ4n) is 2.35. The fraction of sp³-hybridized carbons (Fsp3) is 0.250. The van der Waals surface area contributed by atoms with Crippen molar-refractivity contribution in [2.45, 2.75) is 20.0 Å². The van der Waals surface area contributed by atoms with Crippen LogP contribution in [0, 0.1) is 0 Å². The lowest BCUT2D eigenvalue weighted by molar-refractivity contribution is 0.267. The Morgan fingerprint density at radius 1 is 1.32 bits per heavy atom. The molecule has 2 aromatic heterocycles. The molecule has 2 heterocycles. The van der Waals surface area contributed by atoms with Crippen molar-refractivity contribution in [1.82, 2.24) is 14.9 Å². The third kappa shape index (κ3) is 3.38. The van der Waals surface area contributed by atoms with Gasteiger partial charge in [0.05, 0.1) is 17.4 Å². The molecule has 3 aromatic rings. The molecule has 0 atom stereocenters. The zero-order valence-electron chi connectivity index (χ0n) is 12.2. The monoisotopic (exact) mass is 333 g/mol. The largest absolute Gasteiger partial charge is 0.309 e. The molecule has 0 saturated heterocycles. The molecule has 0 unspecified atom stereocenters. The van der Waals surface area contributed by atoms with Gasteiger partial charge in [0.25, 0.3) is 5.56 Å². The average molecular weight is 334 g/mol. The van der Waals surface area contributed by atoms with Crippen molar-refractivity contribution in [2.24, 2.45) is 0 Å². The van der Waals surface area contributed by atoms with Crippen molar-refractivity contribution < 1.29 is 0 Å². The van der Waals surface area contributed by atoms with E-state index in [9.17, 15) is 4.79 Å². The number of fused-ring (bicyclic) bond motifs is 1. The Labute approximate surface area is 137 Å². The van der Waals surface area contributed by atoms with Gasteiger partial charge in [-0.05, 0) is 36.2 Å². The molecular formula is C16H16ClN3OS. The first-order chi connectivity index (χ1) is 10.7. The minimum atomic E-state index is -0.121. The predicted octanol–water partition coefficient (Wildman–Crippen LogP) is 3.66. The summed E-state index contributed by atoms with van der Waals surface area (Å²) in [5.41, 5.74) is 0.516. The van der Waals surface area contributed by atoms with E-state index in [0.29, 0.717) is 28.3 Å². The van der Waals surface area contributed by atoms with Crippen LogP contribution in [0.3, 0.4) is 0 Å². The van der Waals surface area contributed by atoms with Crippen LogP contribution in [-0.2, 0) is 13.1 Å². The summed E-state index contributed by atoms with van der Waals surface area (Å²) in [4.78, 5) is 23.1. The highest BCUT2D eigenvalue weighted by Crippen LogP contribution is 2.16. The Morgan fingerprint density at radius 3 is 2.91 bits per heavy atom. The maximum Gasteiger partial charge on any atom is 0.258 e. The highest BCUT2D eigenvalue weighted by molar-refractivity contribution is 7.09. The molecule has 1 aromatic carbocycles. The third-order valence-corrected chi connectivity index (χ3v) is 4.59. The second-order valence-corrected chi connectivity index (χ2v) is 6.53. The molecule has 4 nitrogen and oxygen atoms in total. The van der Waals surface area contributed by atoms with Crippen LogP contribution in [0.1, 0.15) is 17.6 Å². The number of nitrogens with zero attached hydrogens (tertiary/aromatic N) is 2. The van der Waals surface area contributed by atoms with E-state index in [1.54, 1.807) is 29.5 Å². The van der Waals surface area contributed by atoms with Crippen LogP contribution in [0.25, 0.3) is 10.9 Å². The summed E-state index contributed by atoms with van der Waals surface area (Å²) in [6, 6.07) is 9.30. The van der Waals surface area contributed by atoms with E-state index in [-0.39, 0.29) is 5.56 Å². The molecule has 0 amide bonds. The summed E-state index contributed by atoms with van der Waals surface area (Å²) in [6.45, 7) is 4.44. The summed E-state index contributed by atoms with van der Waals surface area (Å²) < 4.78 is 0. The molecule has 3 rings (SSSR count). The Balaban J connectivity index is 1.87. The topological polar surface area (TPSA) is 49.0 Å². The molecule has 0 aliphatic rings. The first-order valence-corrected chi connectivity index (χ1v) is 8.34. The lowest BCUT2D eigenvalue weighted by Crippen LogP contribution is -2.25. The van der Waals surface area contributed by atoms with Crippen molar-refractivity contribution in [3.8, 4) is 0 Å². The molecule has 0 radical (unpaired) electrons. The van der Waals surface area contributed by atoms with E-state index in [4.69, 9.17) is 11.6 Å². The van der Waals surface area contributed by atoms with Gasteiger partial charge in [0.15, 0.2) is 0 Å². The number of hydrogen-bond acceptors (Lipinski definition) is 4. The lowest BCUT2D eigenvalue weighted by Gasteiger charge is -2.19. The summed E-state index contributed by atoms with van der Waals surface area (Å²) in [6.07, 6.45) is 0. The van der Waals surface area contributed by atoms with Gasteiger partial charge in [0, 0.05) is 16.4 Å². The average Bonchev–Trinajstić information content (AvgIpc) is 2.99. The molecule has 22 heavy (non-hydrogen) atoms. The van der Waals surface area contributed by atoms with E-state index >= 15 is 0 Å². The van der Waals surface area contributed by atoms with Crippen LogP contribution in [0.4, 0.5) is 0 Å². The van der Waals surface area contributed by atoms with Crippen LogP contribution >= 0.6 is 22.9 Å². The molecule has 6 heteroatoms. The molecule has 0 fully saturated rings. The SMILES string of the molecule is CCN(Cc1nc2cc(Cl)ccc2c(=O)[nH]1)Cc1cccs1. The number of rotatable bonds is 5. The maximum absolute atomic E-state index is 12.1. The van der Waals surface area contributed by atoms with Crippen LogP contribution in [0.2, 0.25) is 5.02 Å². The molecule has 0 spiro atoms. The first-order valence-electron chi connectivity index (χ1n) is 7.09. The lowest BCUT2D eigenvalue weighted by atomic mass is 10.2. The Kier molecular flexibility index (Phi) is 4.57. The number of benzene rings is 1. The number of thiophene rings is 1. The third-order valence-electron chi connectivity index (χ3n) is 3.50. The molecular weight excluding hydrogens is 318 g/mol. The van der Waals surface area contributed by atoms with Gasteiger partial charge in [0.1, 0.15) is 5.82 Å². The van der Waals surface area contributed by atoms with E-state index in [1.807, 2.05) is 6.07 Å². The minimum absolute atomic E-state index is 0.121. The van der Waals surface area contributed by atoms with Gasteiger partial charge in [-0.2, -0.15) is 0 Å². The van der Waals surface area contributed by atoms with Crippen LogP contribution in [-0.4, -0.2) is 21.4 Å². The van der Waals surface area contributed by atoms with Crippen molar-refractivity contribution in [1.29, 1.82) is 0 Å². The van der Waals surface area contributed by atoms with Gasteiger partial charge in [0.2, 0.25) is 0 Å². The van der Waals surface area contributed by atoms with Crippen molar-refractivity contribution >= 4 is 33.8 Å². The first kappa shape index (κ1) is 15.2. The van der Waals surface area contributed by atoms with Crippen LogP contribution in [0.5, 0.6) is 0 Å². The van der Waals surface area contributed by atoms with Crippen LogP contribution < -0.4 is 5.56 Å². The Morgan fingerprint density at radius 2 is 2.18 bits per heavy atom. The summed E-state index contributed by atoms with van der Waals surface area (Å²) >= 11 is 7.72. The van der Waals surface area contributed by atoms with Gasteiger partial charge >= 0.3 is 0 Å². The number of hydrogen-bond donors (Lipinski definition) is 1. The van der Waals surface area contributed by atoms with Gasteiger partial charge in [-0.15, -0.1) is 11.3 Å². The zero-order valence-corrected chi connectivity index (χ0v) is 13.7. The molecule has 114 valence electrons. The van der Waals surface area contributed by atoms with Crippen LogP contribution in [0.15, 0.2) is 40.5 Å². The van der Waals surface area contributed by atoms with E-state index in [1.165, 1.54) is 4.88 Å². The van der Waals surface area contributed by atoms with Crippen molar-refractivity contribution in [2.75, 3.05) is 6.54 Å². The van der Waals surface area contributed by atoms with Gasteiger partial charge in [-0.1, -0.05) is 24.6 Å². The normalized spacial score (nSPS) is 11.4. The van der Waals surface area contributed by atoms with Crippen molar-refractivity contribution in [3.05, 3.63) is 61.8 Å². The second-order valence-electron chi connectivity index (χ2n) is 5.06. The van der Waals surface area contributed by atoms with E-state index < -0.39 is 0 Å².